The molecule has 0 aliphatic carbocycles. The first-order valence-corrected chi connectivity index (χ1v) is 8.71. The second-order valence-corrected chi connectivity index (χ2v) is 6.93. The molecule has 1 heterocycles. The van der Waals surface area contributed by atoms with Crippen molar-refractivity contribution in [2.24, 2.45) is 0 Å². The highest BCUT2D eigenvalue weighted by atomic mass is 79.9. The van der Waals surface area contributed by atoms with Crippen molar-refractivity contribution >= 4 is 33.4 Å². The summed E-state index contributed by atoms with van der Waals surface area (Å²) in [5.41, 5.74) is 2.53. The highest BCUT2D eigenvalue weighted by Crippen LogP contribution is 2.23. The molecule has 1 aliphatic rings. The SMILES string of the molecule is Cc1cccc(C(=O)N2CCN(c3ccc(Br)cc3)C(=O)[C@H]2C)c1. The van der Waals surface area contributed by atoms with Crippen molar-refractivity contribution in [1.29, 1.82) is 0 Å². The molecule has 2 amide bonds. The van der Waals surface area contributed by atoms with Crippen LogP contribution in [-0.4, -0.2) is 35.8 Å². The molecule has 124 valence electrons. The monoisotopic (exact) mass is 386 g/mol. The van der Waals surface area contributed by atoms with Gasteiger partial charge in [0.15, 0.2) is 0 Å². The predicted molar refractivity (Wildman–Crippen MR) is 98.2 cm³/mol. The lowest BCUT2D eigenvalue weighted by Gasteiger charge is -2.39. The van der Waals surface area contributed by atoms with Gasteiger partial charge >= 0.3 is 0 Å². The minimum atomic E-state index is -0.476. The van der Waals surface area contributed by atoms with E-state index in [1.54, 1.807) is 22.8 Å². The summed E-state index contributed by atoms with van der Waals surface area (Å²) < 4.78 is 0.972. The quantitative estimate of drug-likeness (QED) is 0.790. The van der Waals surface area contributed by atoms with Crippen LogP contribution < -0.4 is 4.90 Å². The third-order valence-corrected chi connectivity index (χ3v) is 4.85. The molecular weight excluding hydrogens is 368 g/mol. The number of rotatable bonds is 2. The van der Waals surface area contributed by atoms with Crippen LogP contribution in [0.4, 0.5) is 5.69 Å². The molecule has 0 radical (unpaired) electrons. The fraction of sp³-hybridized carbons (Fsp3) is 0.263. The first kappa shape index (κ1) is 16.7. The van der Waals surface area contributed by atoms with Gasteiger partial charge in [0, 0.05) is 28.8 Å². The Morgan fingerprint density at radius 1 is 1.12 bits per heavy atom. The zero-order valence-corrected chi connectivity index (χ0v) is 15.3. The Bertz CT molecular complexity index is 773. The topological polar surface area (TPSA) is 40.6 Å². The molecule has 0 spiro atoms. The van der Waals surface area contributed by atoms with E-state index in [9.17, 15) is 9.59 Å². The Balaban J connectivity index is 1.79. The smallest absolute Gasteiger partial charge is 0.254 e. The van der Waals surface area contributed by atoms with Gasteiger partial charge in [-0.05, 0) is 50.2 Å². The molecule has 5 heteroatoms. The van der Waals surface area contributed by atoms with E-state index in [4.69, 9.17) is 0 Å². The molecule has 0 bridgehead atoms. The largest absolute Gasteiger partial charge is 0.325 e. The van der Waals surface area contributed by atoms with Crippen molar-refractivity contribution in [3.05, 3.63) is 64.1 Å². The third kappa shape index (κ3) is 3.22. The summed E-state index contributed by atoms with van der Waals surface area (Å²) in [7, 11) is 0. The summed E-state index contributed by atoms with van der Waals surface area (Å²) in [6, 6.07) is 14.7. The van der Waals surface area contributed by atoms with E-state index in [-0.39, 0.29) is 11.8 Å². The summed E-state index contributed by atoms with van der Waals surface area (Å²) in [5, 5.41) is 0. The molecule has 24 heavy (non-hydrogen) atoms. The van der Waals surface area contributed by atoms with Crippen LogP contribution in [0, 0.1) is 6.92 Å². The lowest BCUT2D eigenvalue weighted by atomic mass is 10.1. The lowest BCUT2D eigenvalue weighted by molar-refractivity contribution is -0.124. The molecule has 1 aliphatic heterocycles. The van der Waals surface area contributed by atoms with Gasteiger partial charge in [0.1, 0.15) is 6.04 Å². The zero-order chi connectivity index (χ0) is 17.3. The number of hydrogen-bond donors (Lipinski definition) is 0. The van der Waals surface area contributed by atoms with Crippen LogP contribution in [-0.2, 0) is 4.79 Å². The highest BCUT2D eigenvalue weighted by molar-refractivity contribution is 9.10. The minimum absolute atomic E-state index is 0.0513. The predicted octanol–water partition coefficient (Wildman–Crippen LogP) is 3.64. The third-order valence-electron chi connectivity index (χ3n) is 4.32. The normalized spacial score (nSPS) is 18.0. The highest BCUT2D eigenvalue weighted by Gasteiger charge is 2.35. The number of anilines is 1. The van der Waals surface area contributed by atoms with Crippen LogP contribution in [0.5, 0.6) is 0 Å². The van der Waals surface area contributed by atoms with Gasteiger partial charge in [-0.2, -0.15) is 0 Å². The van der Waals surface area contributed by atoms with Gasteiger partial charge in [-0.15, -0.1) is 0 Å². The van der Waals surface area contributed by atoms with Crippen LogP contribution in [0.2, 0.25) is 0 Å². The Morgan fingerprint density at radius 3 is 2.50 bits per heavy atom. The molecule has 0 unspecified atom stereocenters. The summed E-state index contributed by atoms with van der Waals surface area (Å²) >= 11 is 3.40. The average molecular weight is 387 g/mol. The molecule has 0 aromatic heterocycles. The van der Waals surface area contributed by atoms with Gasteiger partial charge < -0.3 is 9.80 Å². The number of aryl methyl sites for hydroxylation is 1. The molecule has 1 fully saturated rings. The summed E-state index contributed by atoms with van der Waals surface area (Å²) in [6.45, 7) is 4.77. The van der Waals surface area contributed by atoms with Gasteiger partial charge in [0.25, 0.3) is 5.91 Å². The van der Waals surface area contributed by atoms with E-state index in [1.807, 2.05) is 49.4 Å². The lowest BCUT2D eigenvalue weighted by Crippen LogP contribution is -2.57. The maximum absolute atomic E-state index is 12.7. The van der Waals surface area contributed by atoms with Gasteiger partial charge in [-0.3, -0.25) is 9.59 Å². The second kappa shape index (κ2) is 6.77. The first-order chi connectivity index (χ1) is 11.5. The van der Waals surface area contributed by atoms with Crippen LogP contribution in [0.3, 0.4) is 0 Å². The van der Waals surface area contributed by atoms with E-state index in [0.29, 0.717) is 18.7 Å². The van der Waals surface area contributed by atoms with E-state index in [1.165, 1.54) is 0 Å². The maximum atomic E-state index is 12.7. The molecular formula is C19H19BrN2O2. The Kier molecular flexibility index (Phi) is 4.71. The molecule has 1 saturated heterocycles. The average Bonchev–Trinajstić information content (AvgIpc) is 2.58. The summed E-state index contributed by atoms with van der Waals surface area (Å²) in [5.74, 6) is -0.139. The van der Waals surface area contributed by atoms with Crippen molar-refractivity contribution in [1.82, 2.24) is 4.90 Å². The number of benzene rings is 2. The van der Waals surface area contributed by atoms with E-state index in [0.717, 1.165) is 15.7 Å². The number of amides is 2. The van der Waals surface area contributed by atoms with Crippen molar-refractivity contribution in [2.45, 2.75) is 19.9 Å². The molecule has 3 rings (SSSR count). The Hall–Kier alpha value is -2.14. The van der Waals surface area contributed by atoms with E-state index >= 15 is 0 Å². The number of hydrogen-bond acceptors (Lipinski definition) is 2. The molecule has 2 aromatic carbocycles. The number of halogens is 1. The van der Waals surface area contributed by atoms with Gasteiger partial charge in [-0.25, -0.2) is 0 Å². The molecule has 1 atom stereocenters. The van der Waals surface area contributed by atoms with Crippen LogP contribution in [0.1, 0.15) is 22.8 Å². The van der Waals surface area contributed by atoms with Crippen molar-refractivity contribution in [3.8, 4) is 0 Å². The van der Waals surface area contributed by atoms with E-state index in [2.05, 4.69) is 15.9 Å². The van der Waals surface area contributed by atoms with Crippen molar-refractivity contribution in [3.63, 3.8) is 0 Å². The number of carbonyl (C=O) groups is 2. The summed E-state index contributed by atoms with van der Waals surface area (Å²) in [6.07, 6.45) is 0. The van der Waals surface area contributed by atoms with Crippen LogP contribution in [0.25, 0.3) is 0 Å². The Morgan fingerprint density at radius 2 is 1.83 bits per heavy atom. The van der Waals surface area contributed by atoms with Crippen molar-refractivity contribution in [2.75, 3.05) is 18.0 Å². The minimum Gasteiger partial charge on any atom is -0.325 e. The Labute approximate surface area is 150 Å². The number of piperazine rings is 1. The van der Waals surface area contributed by atoms with Crippen molar-refractivity contribution < 1.29 is 9.59 Å². The second-order valence-electron chi connectivity index (χ2n) is 6.01. The standard InChI is InChI=1S/C19H19BrN2O2/c1-13-4-3-5-15(12-13)19(24)21-10-11-22(18(23)14(21)2)17-8-6-16(20)7-9-17/h3-9,12,14H,10-11H2,1-2H3/t14-/m1/s1. The molecule has 0 N–H and O–H groups in total. The van der Waals surface area contributed by atoms with Crippen LogP contribution >= 0.6 is 15.9 Å². The zero-order valence-electron chi connectivity index (χ0n) is 13.7. The number of nitrogens with zero attached hydrogens (tertiary/aromatic N) is 2. The molecule has 2 aromatic rings. The molecule has 4 nitrogen and oxygen atoms in total. The van der Waals surface area contributed by atoms with Gasteiger partial charge in [0.2, 0.25) is 5.91 Å². The fourth-order valence-corrected chi connectivity index (χ4v) is 3.23. The van der Waals surface area contributed by atoms with E-state index < -0.39 is 6.04 Å². The fourth-order valence-electron chi connectivity index (χ4n) is 2.97. The number of carbonyl (C=O) groups excluding carboxylic acids is 2. The first-order valence-electron chi connectivity index (χ1n) is 7.92. The van der Waals surface area contributed by atoms with Gasteiger partial charge in [0.05, 0.1) is 0 Å². The molecule has 0 saturated carbocycles. The summed E-state index contributed by atoms with van der Waals surface area (Å²) in [4.78, 5) is 28.9. The van der Waals surface area contributed by atoms with Crippen LogP contribution in [0.15, 0.2) is 53.0 Å². The maximum Gasteiger partial charge on any atom is 0.254 e. The van der Waals surface area contributed by atoms with Gasteiger partial charge in [-0.1, -0.05) is 33.6 Å².